The minimum absolute atomic E-state index is 0.00330. The summed E-state index contributed by atoms with van der Waals surface area (Å²) in [7, 11) is 0. The van der Waals surface area contributed by atoms with E-state index in [0.717, 1.165) is 79.4 Å². The van der Waals surface area contributed by atoms with Gasteiger partial charge in [-0.3, -0.25) is 9.59 Å². The van der Waals surface area contributed by atoms with Gasteiger partial charge < -0.3 is 24.8 Å². The number of hydrogen-bond acceptors (Lipinski definition) is 9. The Morgan fingerprint density at radius 3 is 2.56 bits per heavy atom. The number of carbonyl (C=O) groups is 2. The molecule has 7 rings (SSSR count). The number of nitrogens with one attached hydrogen (secondary N) is 1. The minimum Gasteiger partial charge on any atom is -0.390 e. The van der Waals surface area contributed by atoms with E-state index in [1.54, 1.807) is 12.4 Å². The van der Waals surface area contributed by atoms with Gasteiger partial charge in [0.1, 0.15) is 6.61 Å². The fourth-order valence-corrected chi connectivity index (χ4v) is 7.55. The summed E-state index contributed by atoms with van der Waals surface area (Å²) in [5.74, 6) is 0.907. The fraction of sp³-hybridized carbons (Fsp3) is 0.567. The first kappa shape index (κ1) is 26.9. The topological polar surface area (TPSA) is 127 Å². The van der Waals surface area contributed by atoms with Crippen LogP contribution in [0.15, 0.2) is 30.6 Å². The number of thiazole rings is 1. The van der Waals surface area contributed by atoms with Crippen LogP contribution in [0.25, 0.3) is 21.3 Å². The van der Waals surface area contributed by atoms with Crippen molar-refractivity contribution in [2.24, 2.45) is 17.3 Å². The molecular formula is C30H35N5O5S. The summed E-state index contributed by atoms with van der Waals surface area (Å²) < 4.78 is 11.9. The zero-order valence-corrected chi connectivity index (χ0v) is 23.8. The predicted molar refractivity (Wildman–Crippen MR) is 153 cm³/mol. The van der Waals surface area contributed by atoms with Crippen molar-refractivity contribution in [1.29, 1.82) is 0 Å². The SMILES string of the molecule is O=C(Nc1nc2ccc(-c3cnc(CO[C@H]4CCC[C@@H]4O)nc3)cc2s1)C1CC2(CCN(C(=O)C3COC3)CC2)C1. The van der Waals surface area contributed by atoms with E-state index in [-0.39, 0.29) is 41.8 Å². The van der Waals surface area contributed by atoms with Crippen molar-refractivity contribution in [3.63, 3.8) is 0 Å². The van der Waals surface area contributed by atoms with Crippen LogP contribution in [0.2, 0.25) is 0 Å². The molecule has 1 aromatic carbocycles. The van der Waals surface area contributed by atoms with Gasteiger partial charge in [-0.1, -0.05) is 17.4 Å². The number of anilines is 1. The van der Waals surface area contributed by atoms with E-state index in [0.29, 0.717) is 24.2 Å². The number of rotatable bonds is 7. The second-order valence-corrected chi connectivity index (χ2v) is 13.1. The number of aliphatic hydroxyl groups excluding tert-OH is 1. The number of fused-ring (bicyclic) bond motifs is 1. The number of aromatic nitrogens is 3. The Morgan fingerprint density at radius 1 is 1.10 bits per heavy atom. The molecule has 0 radical (unpaired) electrons. The van der Waals surface area contributed by atoms with Crippen molar-refractivity contribution in [2.75, 3.05) is 31.6 Å². The quantitative estimate of drug-likeness (QED) is 0.434. The van der Waals surface area contributed by atoms with Gasteiger partial charge in [0, 0.05) is 37.0 Å². The molecule has 3 aromatic rings. The molecule has 0 unspecified atom stereocenters. The van der Waals surface area contributed by atoms with Crippen molar-refractivity contribution in [1.82, 2.24) is 19.9 Å². The number of amides is 2. The van der Waals surface area contributed by atoms with E-state index in [2.05, 4.69) is 26.3 Å². The molecular weight excluding hydrogens is 542 g/mol. The number of nitrogens with zero attached hydrogens (tertiary/aromatic N) is 4. The van der Waals surface area contributed by atoms with E-state index in [1.807, 2.05) is 17.0 Å². The summed E-state index contributed by atoms with van der Waals surface area (Å²) in [6.45, 7) is 2.97. The summed E-state index contributed by atoms with van der Waals surface area (Å²) in [4.78, 5) is 41.0. The van der Waals surface area contributed by atoms with Crippen LogP contribution in [0.5, 0.6) is 0 Å². The number of aliphatic hydroxyl groups is 1. The van der Waals surface area contributed by atoms with Crippen molar-refractivity contribution in [3.05, 3.63) is 36.4 Å². The Hall–Kier alpha value is -2.99. The van der Waals surface area contributed by atoms with Gasteiger partial charge in [0.2, 0.25) is 11.8 Å². The Kier molecular flexibility index (Phi) is 7.22. The first-order chi connectivity index (χ1) is 19.9. The number of benzene rings is 1. The van der Waals surface area contributed by atoms with Gasteiger partial charge in [-0.2, -0.15) is 0 Å². The van der Waals surface area contributed by atoms with E-state index >= 15 is 0 Å². The van der Waals surface area contributed by atoms with Crippen molar-refractivity contribution in [3.8, 4) is 11.1 Å². The van der Waals surface area contributed by atoms with Gasteiger partial charge in [0.25, 0.3) is 0 Å². The summed E-state index contributed by atoms with van der Waals surface area (Å²) in [5.41, 5.74) is 2.91. The second-order valence-electron chi connectivity index (χ2n) is 12.1. The molecule has 1 spiro atoms. The molecule has 2 aliphatic carbocycles. The lowest BCUT2D eigenvalue weighted by Crippen LogP contribution is -2.53. The van der Waals surface area contributed by atoms with Crippen molar-refractivity contribution >= 4 is 38.5 Å². The Bertz CT molecular complexity index is 1420. The zero-order chi connectivity index (χ0) is 28.0. The van der Waals surface area contributed by atoms with Gasteiger partial charge >= 0.3 is 0 Å². The number of hydrogen-bond donors (Lipinski definition) is 2. The van der Waals surface area contributed by atoms with Crippen LogP contribution in [-0.2, 0) is 25.7 Å². The number of likely N-dealkylation sites (tertiary alicyclic amines) is 1. The summed E-state index contributed by atoms with van der Waals surface area (Å²) >= 11 is 1.47. The molecule has 10 nitrogen and oxygen atoms in total. The van der Waals surface area contributed by atoms with E-state index in [4.69, 9.17) is 9.47 Å². The van der Waals surface area contributed by atoms with Gasteiger partial charge in [0.15, 0.2) is 11.0 Å². The molecule has 4 heterocycles. The van der Waals surface area contributed by atoms with Crippen LogP contribution < -0.4 is 5.32 Å². The molecule has 216 valence electrons. The van der Waals surface area contributed by atoms with Crippen molar-refractivity contribution < 1.29 is 24.2 Å². The molecule has 2 saturated heterocycles. The molecule has 2 saturated carbocycles. The Morgan fingerprint density at radius 2 is 1.88 bits per heavy atom. The lowest BCUT2D eigenvalue weighted by molar-refractivity contribution is -0.154. The maximum Gasteiger partial charge on any atom is 0.230 e. The van der Waals surface area contributed by atoms with Gasteiger partial charge in [-0.15, -0.1) is 0 Å². The van der Waals surface area contributed by atoms with E-state index in [1.165, 1.54) is 11.3 Å². The van der Waals surface area contributed by atoms with Crippen LogP contribution in [0, 0.1) is 17.3 Å². The molecule has 0 bridgehead atoms. The summed E-state index contributed by atoms with van der Waals surface area (Å²) in [5, 5.41) is 13.6. The zero-order valence-electron chi connectivity index (χ0n) is 23.0. The molecule has 4 aliphatic rings. The first-order valence-corrected chi connectivity index (χ1v) is 15.5. The highest BCUT2D eigenvalue weighted by Gasteiger charge is 2.49. The van der Waals surface area contributed by atoms with Gasteiger partial charge in [0.05, 0.1) is 41.6 Å². The normalized spacial score (nSPS) is 24.4. The summed E-state index contributed by atoms with van der Waals surface area (Å²) in [6, 6.07) is 6.00. The molecule has 2 amide bonds. The smallest absolute Gasteiger partial charge is 0.230 e. The third-order valence-electron chi connectivity index (χ3n) is 9.35. The molecule has 11 heteroatoms. The van der Waals surface area contributed by atoms with E-state index in [9.17, 15) is 14.7 Å². The van der Waals surface area contributed by atoms with Gasteiger partial charge in [-0.25, -0.2) is 15.0 Å². The predicted octanol–water partition coefficient (Wildman–Crippen LogP) is 3.79. The van der Waals surface area contributed by atoms with Crippen LogP contribution in [0.1, 0.15) is 50.8 Å². The highest BCUT2D eigenvalue weighted by atomic mass is 32.1. The highest BCUT2D eigenvalue weighted by molar-refractivity contribution is 7.22. The fourth-order valence-electron chi connectivity index (χ4n) is 6.64. The molecule has 2 aliphatic heterocycles. The molecule has 4 fully saturated rings. The monoisotopic (exact) mass is 577 g/mol. The third kappa shape index (κ3) is 5.48. The van der Waals surface area contributed by atoms with Crippen LogP contribution in [0.3, 0.4) is 0 Å². The third-order valence-corrected chi connectivity index (χ3v) is 10.3. The number of ether oxygens (including phenoxy) is 2. The molecule has 2 atom stereocenters. The molecule has 2 N–H and O–H groups in total. The highest BCUT2D eigenvalue weighted by Crippen LogP contribution is 2.53. The van der Waals surface area contributed by atoms with E-state index < -0.39 is 6.10 Å². The largest absolute Gasteiger partial charge is 0.390 e. The summed E-state index contributed by atoms with van der Waals surface area (Å²) in [6.07, 6.45) is 9.40. The van der Waals surface area contributed by atoms with Gasteiger partial charge in [-0.05, 0) is 68.1 Å². The Balaban J connectivity index is 0.921. The van der Waals surface area contributed by atoms with Crippen LogP contribution in [0.4, 0.5) is 5.13 Å². The molecule has 41 heavy (non-hydrogen) atoms. The average molecular weight is 578 g/mol. The average Bonchev–Trinajstić information content (AvgIpc) is 3.54. The van der Waals surface area contributed by atoms with Crippen molar-refractivity contribution in [2.45, 2.75) is 63.8 Å². The maximum atomic E-state index is 13.0. The number of carbonyl (C=O) groups excluding carboxylic acids is 2. The Labute approximate surface area is 242 Å². The maximum absolute atomic E-state index is 13.0. The number of piperidine rings is 1. The lowest BCUT2D eigenvalue weighted by atomic mass is 9.57. The van der Waals surface area contributed by atoms with Crippen LogP contribution in [-0.4, -0.2) is 75.3 Å². The minimum atomic E-state index is -0.394. The standard InChI is InChI=1S/C30H35N5O5S/c36-23-2-1-3-24(23)40-17-26-31-13-20(14-32-26)18-4-5-22-25(10-18)41-29(33-22)34-27(37)19-11-30(12-19)6-8-35(9-7-30)28(38)21-15-39-16-21/h4-5,10,13-14,19,21,23-24,36H,1-3,6-9,11-12,15-17H2,(H,33,34,37)/t23-,24-/m0/s1. The molecule has 2 aromatic heterocycles. The van der Waals surface area contributed by atoms with Crippen LogP contribution >= 0.6 is 11.3 Å². The lowest BCUT2D eigenvalue weighted by Gasteiger charge is -2.52. The second kappa shape index (κ2) is 11.0. The first-order valence-electron chi connectivity index (χ1n) is 14.6.